The normalized spacial score (nSPS) is 17.8. The van der Waals surface area contributed by atoms with Crippen molar-refractivity contribution in [2.75, 3.05) is 4.90 Å². The standard InChI is InChI=1S/C15H18N2O2/c1-10-8-12-11(9-16)6-5-7-13(12)17(10)14(18)19-15(2,3)4/h5-7,10H,8H2,1-4H3. The number of carbonyl (C=O) groups is 1. The Kier molecular flexibility index (Phi) is 3.23. The number of carbonyl (C=O) groups excluding carboxylic acids is 1. The molecule has 1 heterocycles. The fourth-order valence-electron chi connectivity index (χ4n) is 2.33. The van der Waals surface area contributed by atoms with Gasteiger partial charge < -0.3 is 4.74 Å². The highest BCUT2D eigenvalue weighted by Crippen LogP contribution is 2.35. The molecule has 0 spiro atoms. The molecule has 1 aliphatic rings. The van der Waals surface area contributed by atoms with E-state index >= 15 is 0 Å². The van der Waals surface area contributed by atoms with Gasteiger partial charge in [0.05, 0.1) is 17.3 Å². The smallest absolute Gasteiger partial charge is 0.415 e. The number of amides is 1. The number of fused-ring (bicyclic) bond motifs is 1. The summed E-state index contributed by atoms with van der Waals surface area (Å²) >= 11 is 0. The summed E-state index contributed by atoms with van der Waals surface area (Å²) < 4.78 is 5.43. The largest absolute Gasteiger partial charge is 0.443 e. The van der Waals surface area contributed by atoms with E-state index in [4.69, 9.17) is 10.00 Å². The quantitative estimate of drug-likeness (QED) is 0.717. The maximum Gasteiger partial charge on any atom is 0.415 e. The van der Waals surface area contributed by atoms with Crippen molar-refractivity contribution >= 4 is 11.8 Å². The van der Waals surface area contributed by atoms with Crippen molar-refractivity contribution in [3.8, 4) is 6.07 Å². The van der Waals surface area contributed by atoms with E-state index in [-0.39, 0.29) is 12.1 Å². The first-order chi connectivity index (χ1) is 8.83. The monoisotopic (exact) mass is 258 g/mol. The molecule has 100 valence electrons. The molecule has 1 aromatic rings. The van der Waals surface area contributed by atoms with Crippen LogP contribution in [-0.4, -0.2) is 17.7 Å². The molecule has 0 aromatic heterocycles. The summed E-state index contributed by atoms with van der Waals surface area (Å²) in [5, 5.41) is 9.11. The second kappa shape index (κ2) is 4.58. The van der Waals surface area contributed by atoms with Gasteiger partial charge in [-0.2, -0.15) is 5.26 Å². The first-order valence-electron chi connectivity index (χ1n) is 6.37. The van der Waals surface area contributed by atoms with Crippen LogP contribution in [0.1, 0.15) is 38.8 Å². The lowest BCUT2D eigenvalue weighted by molar-refractivity contribution is 0.0572. The summed E-state index contributed by atoms with van der Waals surface area (Å²) in [6, 6.07) is 7.64. The Morgan fingerprint density at radius 2 is 2.16 bits per heavy atom. The Bertz CT molecular complexity index is 552. The summed E-state index contributed by atoms with van der Waals surface area (Å²) in [4.78, 5) is 13.9. The van der Waals surface area contributed by atoms with Gasteiger partial charge in [0.15, 0.2) is 0 Å². The summed E-state index contributed by atoms with van der Waals surface area (Å²) in [5.74, 6) is 0. The van der Waals surface area contributed by atoms with Crippen molar-refractivity contribution < 1.29 is 9.53 Å². The number of rotatable bonds is 0. The van der Waals surface area contributed by atoms with Crippen molar-refractivity contribution in [1.29, 1.82) is 5.26 Å². The number of hydrogen-bond donors (Lipinski definition) is 0. The Morgan fingerprint density at radius 3 is 2.74 bits per heavy atom. The number of hydrogen-bond acceptors (Lipinski definition) is 3. The van der Waals surface area contributed by atoms with Crippen LogP contribution in [-0.2, 0) is 11.2 Å². The molecule has 0 saturated carbocycles. The molecule has 0 saturated heterocycles. The average Bonchev–Trinajstić information content (AvgIpc) is 2.62. The third-order valence-electron chi connectivity index (χ3n) is 3.06. The van der Waals surface area contributed by atoms with Crippen LogP contribution >= 0.6 is 0 Å². The van der Waals surface area contributed by atoms with E-state index in [0.29, 0.717) is 12.0 Å². The van der Waals surface area contributed by atoms with Crippen LogP contribution in [0.4, 0.5) is 10.5 Å². The van der Waals surface area contributed by atoms with Gasteiger partial charge in [0, 0.05) is 6.04 Å². The van der Waals surface area contributed by atoms with Crippen LogP contribution in [0.5, 0.6) is 0 Å². The van der Waals surface area contributed by atoms with E-state index < -0.39 is 5.60 Å². The van der Waals surface area contributed by atoms with Gasteiger partial charge >= 0.3 is 6.09 Å². The Balaban J connectivity index is 2.36. The Morgan fingerprint density at radius 1 is 1.47 bits per heavy atom. The van der Waals surface area contributed by atoms with E-state index in [2.05, 4.69) is 6.07 Å². The average molecular weight is 258 g/mol. The molecule has 1 unspecified atom stereocenters. The summed E-state index contributed by atoms with van der Waals surface area (Å²) in [6.07, 6.45) is 0.340. The topological polar surface area (TPSA) is 53.3 Å². The first-order valence-corrected chi connectivity index (χ1v) is 6.37. The lowest BCUT2D eigenvalue weighted by atomic mass is 10.0. The molecular formula is C15H18N2O2. The number of ether oxygens (including phenoxy) is 1. The number of anilines is 1. The molecule has 0 N–H and O–H groups in total. The zero-order valence-corrected chi connectivity index (χ0v) is 11.7. The molecule has 4 nitrogen and oxygen atoms in total. The van der Waals surface area contributed by atoms with Crippen LogP contribution in [0.25, 0.3) is 0 Å². The zero-order chi connectivity index (χ0) is 14.2. The second-order valence-electron chi connectivity index (χ2n) is 5.82. The third-order valence-corrected chi connectivity index (χ3v) is 3.06. The van der Waals surface area contributed by atoms with Crippen molar-refractivity contribution in [3.05, 3.63) is 29.3 Å². The van der Waals surface area contributed by atoms with E-state index in [9.17, 15) is 4.79 Å². The van der Waals surface area contributed by atoms with Crippen molar-refractivity contribution in [2.24, 2.45) is 0 Å². The van der Waals surface area contributed by atoms with Gasteiger partial charge in [-0.15, -0.1) is 0 Å². The summed E-state index contributed by atoms with van der Waals surface area (Å²) in [5.41, 5.74) is 1.84. The summed E-state index contributed by atoms with van der Waals surface area (Å²) in [7, 11) is 0. The highest BCUT2D eigenvalue weighted by Gasteiger charge is 2.35. The molecule has 1 aromatic carbocycles. The predicted molar refractivity (Wildman–Crippen MR) is 73.0 cm³/mol. The molecule has 1 aliphatic heterocycles. The third kappa shape index (κ3) is 2.55. The van der Waals surface area contributed by atoms with Crippen LogP contribution < -0.4 is 4.90 Å². The van der Waals surface area contributed by atoms with Gasteiger partial charge in [0.2, 0.25) is 0 Å². The Hall–Kier alpha value is -2.02. The zero-order valence-electron chi connectivity index (χ0n) is 11.7. The molecule has 19 heavy (non-hydrogen) atoms. The fourth-order valence-corrected chi connectivity index (χ4v) is 2.33. The molecule has 0 aliphatic carbocycles. The van der Waals surface area contributed by atoms with Crippen molar-refractivity contribution in [2.45, 2.75) is 45.8 Å². The van der Waals surface area contributed by atoms with Crippen molar-refractivity contribution in [1.82, 2.24) is 0 Å². The minimum atomic E-state index is -0.521. The maximum atomic E-state index is 12.3. The minimum absolute atomic E-state index is 0.0133. The number of nitriles is 1. The number of benzene rings is 1. The second-order valence-corrected chi connectivity index (χ2v) is 5.82. The molecule has 1 atom stereocenters. The summed E-state index contributed by atoms with van der Waals surface area (Å²) in [6.45, 7) is 7.50. The van der Waals surface area contributed by atoms with E-state index in [0.717, 1.165) is 11.3 Å². The van der Waals surface area contributed by atoms with Crippen LogP contribution in [0.2, 0.25) is 0 Å². The van der Waals surface area contributed by atoms with Gasteiger partial charge in [0.25, 0.3) is 0 Å². The molecule has 4 heteroatoms. The van der Waals surface area contributed by atoms with Crippen LogP contribution in [0.15, 0.2) is 18.2 Å². The molecule has 2 rings (SSSR count). The maximum absolute atomic E-state index is 12.3. The van der Waals surface area contributed by atoms with E-state index in [1.807, 2.05) is 33.8 Å². The van der Waals surface area contributed by atoms with Crippen molar-refractivity contribution in [3.63, 3.8) is 0 Å². The highest BCUT2D eigenvalue weighted by atomic mass is 16.6. The predicted octanol–water partition coefficient (Wildman–Crippen LogP) is 3.24. The molecular weight excluding hydrogens is 240 g/mol. The molecule has 0 radical (unpaired) electrons. The first kappa shape index (κ1) is 13.4. The molecule has 1 amide bonds. The van der Waals surface area contributed by atoms with Gasteiger partial charge in [-0.1, -0.05) is 6.07 Å². The van der Waals surface area contributed by atoms with Crippen LogP contribution in [0.3, 0.4) is 0 Å². The molecule has 0 bridgehead atoms. The fraction of sp³-hybridized carbons (Fsp3) is 0.467. The van der Waals surface area contributed by atoms with Gasteiger partial charge in [0.1, 0.15) is 5.60 Å². The van der Waals surface area contributed by atoms with Gasteiger partial charge in [-0.3, -0.25) is 4.90 Å². The van der Waals surface area contributed by atoms with Gasteiger partial charge in [-0.25, -0.2) is 4.79 Å². The SMILES string of the molecule is CC1Cc2c(C#N)cccc2N1C(=O)OC(C)(C)C. The molecule has 0 fully saturated rings. The van der Waals surface area contributed by atoms with Gasteiger partial charge in [-0.05, 0) is 51.8 Å². The van der Waals surface area contributed by atoms with E-state index in [1.165, 1.54) is 0 Å². The Labute approximate surface area is 113 Å². The van der Waals surface area contributed by atoms with E-state index in [1.54, 1.807) is 17.0 Å². The van der Waals surface area contributed by atoms with Crippen LogP contribution in [0, 0.1) is 11.3 Å². The lowest BCUT2D eigenvalue weighted by Gasteiger charge is -2.27. The highest BCUT2D eigenvalue weighted by molar-refractivity contribution is 5.92. The lowest BCUT2D eigenvalue weighted by Crippen LogP contribution is -2.40. The minimum Gasteiger partial charge on any atom is -0.443 e. The number of nitrogens with zero attached hydrogens (tertiary/aromatic N) is 2.